The highest BCUT2D eigenvalue weighted by atomic mass is 35.5. The number of esters is 1. The summed E-state index contributed by atoms with van der Waals surface area (Å²) in [5.41, 5.74) is 2.51. The fraction of sp³-hybridized carbons (Fsp3) is 0.278. The second-order valence-corrected chi connectivity index (χ2v) is 6.03. The predicted octanol–water partition coefficient (Wildman–Crippen LogP) is 3.64. The van der Waals surface area contributed by atoms with Crippen molar-refractivity contribution < 1.29 is 14.3 Å². The number of carbonyl (C=O) groups is 1. The van der Waals surface area contributed by atoms with Crippen LogP contribution in [0.5, 0.6) is 5.75 Å². The molecule has 0 spiro atoms. The molecule has 0 bridgehead atoms. The van der Waals surface area contributed by atoms with Crippen LogP contribution < -0.4 is 9.64 Å². The monoisotopic (exact) mass is 374 g/mol. The fourth-order valence-electron chi connectivity index (χ4n) is 2.81. The van der Waals surface area contributed by atoms with Crippen LogP contribution in [0, 0.1) is 6.92 Å². The number of carbonyl (C=O) groups excluding carboxylic acids is 1. The first kappa shape index (κ1) is 18.0. The van der Waals surface area contributed by atoms with E-state index >= 15 is 0 Å². The molecule has 0 aliphatic rings. The molecule has 3 rings (SSSR count). The number of halogens is 1. The number of rotatable bonds is 5. The number of hydrogen-bond donors (Lipinski definition) is 0. The van der Waals surface area contributed by atoms with Crippen molar-refractivity contribution in [2.45, 2.75) is 13.8 Å². The van der Waals surface area contributed by atoms with Crippen molar-refractivity contribution in [3.63, 3.8) is 0 Å². The minimum atomic E-state index is -0.504. The van der Waals surface area contributed by atoms with Crippen molar-refractivity contribution in [3.05, 3.63) is 46.7 Å². The van der Waals surface area contributed by atoms with Gasteiger partial charge in [-0.3, -0.25) is 0 Å². The minimum absolute atomic E-state index is 0.174. The quantitative estimate of drug-likeness (QED) is 0.501. The third-order valence-corrected chi connectivity index (χ3v) is 4.16. The van der Waals surface area contributed by atoms with E-state index in [1.54, 1.807) is 30.7 Å². The summed E-state index contributed by atoms with van der Waals surface area (Å²) in [5.74, 6) is 0.853. The van der Waals surface area contributed by atoms with Crippen molar-refractivity contribution in [1.82, 2.24) is 14.6 Å². The van der Waals surface area contributed by atoms with E-state index in [0.717, 1.165) is 11.3 Å². The summed E-state index contributed by atoms with van der Waals surface area (Å²) in [7, 11) is 3.50. The smallest absolute Gasteiger partial charge is 0.358 e. The number of fused-ring (bicyclic) bond motifs is 1. The molecular formula is C18H19ClN4O3. The van der Waals surface area contributed by atoms with Crippen molar-refractivity contribution in [1.29, 1.82) is 0 Å². The predicted molar refractivity (Wildman–Crippen MR) is 99.7 cm³/mol. The van der Waals surface area contributed by atoms with Crippen LogP contribution in [-0.4, -0.2) is 41.3 Å². The molecule has 0 N–H and O–H groups in total. The molecule has 7 nitrogen and oxygen atoms in total. The van der Waals surface area contributed by atoms with Crippen LogP contribution in [-0.2, 0) is 4.74 Å². The lowest BCUT2D eigenvalue weighted by Gasteiger charge is -2.24. The van der Waals surface area contributed by atoms with Crippen LogP contribution in [0.1, 0.15) is 23.0 Å². The van der Waals surface area contributed by atoms with Crippen LogP contribution in [0.4, 0.5) is 11.5 Å². The molecule has 3 aromatic rings. The number of nitrogens with zero attached hydrogens (tertiary/aromatic N) is 4. The van der Waals surface area contributed by atoms with Crippen LogP contribution in [0.3, 0.4) is 0 Å². The second kappa shape index (κ2) is 7.21. The van der Waals surface area contributed by atoms with Crippen LogP contribution in [0.2, 0.25) is 5.15 Å². The highest BCUT2D eigenvalue weighted by molar-refractivity contribution is 6.29. The Morgan fingerprint density at radius 2 is 2.12 bits per heavy atom. The Morgan fingerprint density at radius 3 is 2.81 bits per heavy atom. The lowest BCUT2D eigenvalue weighted by Crippen LogP contribution is -2.17. The number of aryl methyl sites for hydroxylation is 1. The molecule has 0 unspecified atom stereocenters. The molecule has 2 heterocycles. The summed E-state index contributed by atoms with van der Waals surface area (Å²) in [6, 6.07) is 9.03. The van der Waals surface area contributed by atoms with Gasteiger partial charge in [0.05, 0.1) is 19.4 Å². The highest BCUT2D eigenvalue weighted by Gasteiger charge is 2.20. The van der Waals surface area contributed by atoms with E-state index in [-0.39, 0.29) is 12.3 Å². The summed E-state index contributed by atoms with van der Waals surface area (Å²) >= 11 is 6.19. The van der Waals surface area contributed by atoms with Crippen molar-refractivity contribution >= 4 is 34.7 Å². The molecule has 0 amide bonds. The third-order valence-electron chi connectivity index (χ3n) is 3.96. The zero-order valence-electron chi connectivity index (χ0n) is 15.0. The summed E-state index contributed by atoms with van der Waals surface area (Å²) in [6.45, 7) is 4.00. The summed E-state index contributed by atoms with van der Waals surface area (Å²) in [4.78, 5) is 18.2. The standard InChI is InChI=1S/C18H19ClN4O3/c1-5-26-18(24)12-9-15-20-14(19)10-16(23(15)21-12)22(3)17-11(2)7-6-8-13(17)25-4/h6-10H,5H2,1-4H3. The van der Waals surface area contributed by atoms with Gasteiger partial charge < -0.3 is 14.4 Å². The molecule has 8 heteroatoms. The van der Waals surface area contributed by atoms with E-state index < -0.39 is 5.97 Å². The van der Waals surface area contributed by atoms with Crippen LogP contribution >= 0.6 is 11.6 Å². The maximum Gasteiger partial charge on any atom is 0.358 e. The van der Waals surface area contributed by atoms with E-state index in [0.29, 0.717) is 22.4 Å². The summed E-state index contributed by atoms with van der Waals surface area (Å²) in [6.07, 6.45) is 0. The minimum Gasteiger partial charge on any atom is -0.495 e. The molecular weight excluding hydrogens is 356 g/mol. The Hall–Kier alpha value is -2.80. The van der Waals surface area contributed by atoms with E-state index in [4.69, 9.17) is 21.1 Å². The van der Waals surface area contributed by atoms with Gasteiger partial charge in [-0.15, -0.1) is 0 Å². The van der Waals surface area contributed by atoms with E-state index in [2.05, 4.69) is 10.1 Å². The molecule has 136 valence electrons. The number of aromatic nitrogens is 3. The number of methoxy groups -OCH3 is 1. The van der Waals surface area contributed by atoms with E-state index in [1.165, 1.54) is 0 Å². The van der Waals surface area contributed by atoms with Gasteiger partial charge in [-0.25, -0.2) is 9.78 Å². The molecule has 0 fully saturated rings. The number of benzene rings is 1. The van der Waals surface area contributed by atoms with Gasteiger partial charge in [-0.05, 0) is 25.5 Å². The number of para-hydroxylation sites is 1. The maximum absolute atomic E-state index is 12.0. The van der Waals surface area contributed by atoms with Gasteiger partial charge in [0.1, 0.15) is 16.7 Å². The molecule has 0 saturated carbocycles. The molecule has 0 saturated heterocycles. The van der Waals surface area contributed by atoms with Gasteiger partial charge >= 0.3 is 5.97 Å². The number of hydrogen-bond acceptors (Lipinski definition) is 6. The van der Waals surface area contributed by atoms with E-state index in [9.17, 15) is 4.79 Å². The summed E-state index contributed by atoms with van der Waals surface area (Å²) in [5, 5.41) is 4.64. The Balaban J connectivity index is 2.17. The van der Waals surface area contributed by atoms with Gasteiger partial charge in [0.2, 0.25) is 0 Å². The molecule has 26 heavy (non-hydrogen) atoms. The zero-order valence-corrected chi connectivity index (χ0v) is 15.7. The average Bonchev–Trinajstić information content (AvgIpc) is 3.04. The SMILES string of the molecule is CCOC(=O)c1cc2nc(Cl)cc(N(C)c3c(C)cccc3OC)n2n1. The number of ether oxygens (including phenoxy) is 2. The molecule has 0 aliphatic heterocycles. The second-order valence-electron chi connectivity index (χ2n) is 5.64. The van der Waals surface area contributed by atoms with Crippen molar-refractivity contribution in [3.8, 4) is 5.75 Å². The van der Waals surface area contributed by atoms with Gasteiger partial charge in [0, 0.05) is 19.2 Å². The first-order valence-electron chi connectivity index (χ1n) is 8.07. The van der Waals surface area contributed by atoms with Crippen LogP contribution in [0.25, 0.3) is 5.65 Å². The van der Waals surface area contributed by atoms with Crippen molar-refractivity contribution in [2.75, 3.05) is 25.7 Å². The Bertz CT molecular complexity index is 970. The molecule has 1 aromatic carbocycles. The Labute approximate surface area is 156 Å². The largest absolute Gasteiger partial charge is 0.495 e. The lowest BCUT2D eigenvalue weighted by atomic mass is 10.1. The molecule has 0 aliphatic carbocycles. The van der Waals surface area contributed by atoms with Gasteiger partial charge in [-0.1, -0.05) is 23.7 Å². The third kappa shape index (κ3) is 3.17. The van der Waals surface area contributed by atoms with E-state index in [1.807, 2.05) is 37.1 Å². The number of anilines is 2. The van der Waals surface area contributed by atoms with Gasteiger partial charge in [0.25, 0.3) is 0 Å². The average molecular weight is 375 g/mol. The lowest BCUT2D eigenvalue weighted by molar-refractivity contribution is 0.0519. The Kier molecular flexibility index (Phi) is 4.99. The zero-order chi connectivity index (χ0) is 18.8. The first-order chi connectivity index (χ1) is 12.5. The maximum atomic E-state index is 12.0. The first-order valence-corrected chi connectivity index (χ1v) is 8.44. The Morgan fingerprint density at radius 1 is 1.35 bits per heavy atom. The van der Waals surface area contributed by atoms with Crippen molar-refractivity contribution in [2.24, 2.45) is 0 Å². The molecule has 2 aromatic heterocycles. The fourth-order valence-corrected chi connectivity index (χ4v) is 3.00. The molecule has 0 radical (unpaired) electrons. The van der Waals surface area contributed by atoms with Crippen LogP contribution in [0.15, 0.2) is 30.3 Å². The topological polar surface area (TPSA) is 69.0 Å². The summed E-state index contributed by atoms with van der Waals surface area (Å²) < 4.78 is 12.1. The van der Waals surface area contributed by atoms with Gasteiger partial charge in [-0.2, -0.15) is 9.61 Å². The normalized spacial score (nSPS) is 10.8. The highest BCUT2D eigenvalue weighted by Crippen LogP contribution is 2.36. The molecule has 0 atom stereocenters. The van der Waals surface area contributed by atoms with Gasteiger partial charge in [0.15, 0.2) is 11.3 Å².